The van der Waals surface area contributed by atoms with Crippen molar-refractivity contribution >= 4 is 21.5 Å². The molecule has 0 aliphatic heterocycles. The van der Waals surface area contributed by atoms with Crippen LogP contribution in [0.5, 0.6) is 0 Å². The smallest absolute Gasteiger partial charge is 0.296 e. The van der Waals surface area contributed by atoms with Crippen molar-refractivity contribution in [2.24, 2.45) is 0 Å². The van der Waals surface area contributed by atoms with Gasteiger partial charge in [-0.3, -0.25) is 4.55 Å². The highest BCUT2D eigenvalue weighted by atomic mass is 32.2. The topological polar surface area (TPSA) is 83.6 Å². The number of rotatable bonds is 2. The fourth-order valence-corrected chi connectivity index (χ4v) is 1.66. The van der Waals surface area contributed by atoms with Gasteiger partial charge in [0.15, 0.2) is 0 Å². The van der Waals surface area contributed by atoms with Crippen LogP contribution in [0.25, 0.3) is 0 Å². The van der Waals surface area contributed by atoms with Gasteiger partial charge in [0.2, 0.25) is 0 Å². The van der Waals surface area contributed by atoms with Crippen LogP contribution in [-0.4, -0.2) is 27.1 Å². The maximum Gasteiger partial charge on any atom is 0.296 e. The van der Waals surface area contributed by atoms with Gasteiger partial charge in [-0.1, -0.05) is 0 Å². The van der Waals surface area contributed by atoms with E-state index in [0.29, 0.717) is 5.69 Å². The monoisotopic (exact) mass is 216 g/mol. The average Bonchev–Trinajstić information content (AvgIpc) is 2.02. The largest absolute Gasteiger partial charge is 0.398 e. The van der Waals surface area contributed by atoms with Crippen LogP contribution in [0.1, 0.15) is 0 Å². The second-order valence-corrected chi connectivity index (χ2v) is 4.48. The molecule has 0 amide bonds. The molecule has 1 aromatic rings. The van der Waals surface area contributed by atoms with Gasteiger partial charge in [0.05, 0.1) is 5.69 Å². The van der Waals surface area contributed by atoms with Crippen molar-refractivity contribution in [3.8, 4) is 0 Å². The molecule has 0 radical (unpaired) electrons. The minimum atomic E-state index is -4.24. The Morgan fingerprint density at radius 2 is 1.93 bits per heavy atom. The van der Waals surface area contributed by atoms with Crippen LogP contribution in [0, 0.1) is 0 Å². The predicted molar refractivity (Wildman–Crippen MR) is 55.0 cm³/mol. The standard InChI is InChI=1S/C8H12N2O3S/c1-10(2)6-3-4-7(9)8(5-6)14(11,12)13/h3-5H,9H2,1-2H3,(H,11,12,13). The molecule has 1 aromatic carbocycles. The zero-order valence-corrected chi connectivity index (χ0v) is 8.75. The first-order valence-corrected chi connectivity index (χ1v) is 5.30. The Morgan fingerprint density at radius 3 is 2.36 bits per heavy atom. The highest BCUT2D eigenvalue weighted by molar-refractivity contribution is 7.86. The minimum Gasteiger partial charge on any atom is -0.398 e. The Morgan fingerprint density at radius 1 is 1.36 bits per heavy atom. The third-order valence-corrected chi connectivity index (χ3v) is 2.70. The highest BCUT2D eigenvalue weighted by Crippen LogP contribution is 2.23. The van der Waals surface area contributed by atoms with Crippen molar-refractivity contribution in [3.63, 3.8) is 0 Å². The van der Waals surface area contributed by atoms with Crippen LogP contribution in [0.15, 0.2) is 23.1 Å². The number of nitrogens with zero attached hydrogens (tertiary/aromatic N) is 1. The molecule has 0 aromatic heterocycles. The molecule has 0 fully saturated rings. The van der Waals surface area contributed by atoms with Crippen LogP contribution in [-0.2, 0) is 10.1 Å². The van der Waals surface area contributed by atoms with Gasteiger partial charge < -0.3 is 10.6 Å². The van der Waals surface area contributed by atoms with Gasteiger partial charge in [-0.15, -0.1) is 0 Å². The SMILES string of the molecule is CN(C)c1ccc(N)c(S(=O)(=O)O)c1. The van der Waals surface area contributed by atoms with E-state index in [4.69, 9.17) is 10.3 Å². The summed E-state index contributed by atoms with van der Waals surface area (Å²) in [4.78, 5) is 1.46. The first kappa shape index (κ1) is 10.8. The lowest BCUT2D eigenvalue weighted by atomic mass is 10.3. The Balaban J connectivity index is 3.37. The van der Waals surface area contributed by atoms with Crippen LogP contribution in [0.4, 0.5) is 11.4 Å². The summed E-state index contributed by atoms with van der Waals surface area (Å²) in [6.45, 7) is 0. The van der Waals surface area contributed by atoms with Crippen LogP contribution < -0.4 is 10.6 Å². The van der Waals surface area contributed by atoms with Crippen molar-refractivity contribution in [2.75, 3.05) is 24.7 Å². The van der Waals surface area contributed by atoms with E-state index >= 15 is 0 Å². The van der Waals surface area contributed by atoms with Crippen molar-refractivity contribution in [1.82, 2.24) is 0 Å². The van der Waals surface area contributed by atoms with E-state index in [1.165, 1.54) is 12.1 Å². The van der Waals surface area contributed by atoms with E-state index in [-0.39, 0.29) is 10.6 Å². The highest BCUT2D eigenvalue weighted by Gasteiger charge is 2.14. The lowest BCUT2D eigenvalue weighted by Gasteiger charge is -2.13. The molecule has 0 aliphatic carbocycles. The second kappa shape index (κ2) is 3.47. The van der Waals surface area contributed by atoms with E-state index < -0.39 is 10.1 Å². The molecule has 78 valence electrons. The summed E-state index contributed by atoms with van der Waals surface area (Å²) in [7, 11) is -0.715. The van der Waals surface area contributed by atoms with Crippen molar-refractivity contribution in [2.45, 2.75) is 4.90 Å². The summed E-state index contributed by atoms with van der Waals surface area (Å²) >= 11 is 0. The van der Waals surface area contributed by atoms with Crippen molar-refractivity contribution < 1.29 is 13.0 Å². The number of anilines is 2. The van der Waals surface area contributed by atoms with Gasteiger partial charge >= 0.3 is 0 Å². The van der Waals surface area contributed by atoms with Gasteiger partial charge in [-0.25, -0.2) is 0 Å². The van der Waals surface area contributed by atoms with Crippen LogP contribution in [0.2, 0.25) is 0 Å². The number of nitrogen functional groups attached to an aromatic ring is 1. The molecule has 5 nitrogen and oxygen atoms in total. The molecule has 0 atom stereocenters. The van der Waals surface area contributed by atoms with Crippen LogP contribution in [0.3, 0.4) is 0 Å². The van der Waals surface area contributed by atoms with Gasteiger partial charge in [0.25, 0.3) is 10.1 Å². The van der Waals surface area contributed by atoms with Crippen molar-refractivity contribution in [3.05, 3.63) is 18.2 Å². The summed E-state index contributed by atoms with van der Waals surface area (Å²) < 4.78 is 30.6. The number of hydrogen-bond donors (Lipinski definition) is 2. The summed E-state index contributed by atoms with van der Waals surface area (Å²) in [5, 5.41) is 0. The molecule has 0 spiro atoms. The summed E-state index contributed by atoms with van der Waals surface area (Å²) in [6.07, 6.45) is 0. The molecular weight excluding hydrogens is 204 g/mol. The first-order chi connectivity index (χ1) is 6.32. The molecular formula is C8H12N2O3S. The lowest BCUT2D eigenvalue weighted by Crippen LogP contribution is -2.11. The lowest BCUT2D eigenvalue weighted by molar-refractivity contribution is 0.483. The van der Waals surface area contributed by atoms with E-state index in [0.717, 1.165) is 0 Å². The van der Waals surface area contributed by atoms with Crippen molar-refractivity contribution in [1.29, 1.82) is 0 Å². The maximum atomic E-state index is 10.9. The van der Waals surface area contributed by atoms with E-state index in [1.54, 1.807) is 25.1 Å². The predicted octanol–water partition coefficient (Wildman–Crippen LogP) is 0.582. The zero-order valence-electron chi connectivity index (χ0n) is 7.93. The quantitative estimate of drug-likeness (QED) is 0.558. The summed E-state index contributed by atoms with van der Waals surface area (Å²) in [5.41, 5.74) is 6.12. The van der Waals surface area contributed by atoms with Gasteiger partial charge in [-0.05, 0) is 18.2 Å². The third kappa shape index (κ3) is 2.15. The van der Waals surface area contributed by atoms with Gasteiger partial charge in [0.1, 0.15) is 4.90 Å². The summed E-state index contributed by atoms with van der Waals surface area (Å²) in [6, 6.07) is 4.44. The van der Waals surface area contributed by atoms with E-state index in [2.05, 4.69) is 0 Å². The molecule has 1 rings (SSSR count). The molecule has 14 heavy (non-hydrogen) atoms. The van der Waals surface area contributed by atoms with E-state index in [1.807, 2.05) is 0 Å². The maximum absolute atomic E-state index is 10.9. The second-order valence-electron chi connectivity index (χ2n) is 3.09. The Hall–Kier alpha value is -1.27. The average molecular weight is 216 g/mol. The summed E-state index contributed by atoms with van der Waals surface area (Å²) in [5.74, 6) is 0. The molecule has 3 N–H and O–H groups in total. The first-order valence-electron chi connectivity index (χ1n) is 3.86. The Kier molecular flexibility index (Phi) is 2.68. The number of nitrogens with two attached hydrogens (primary N) is 1. The molecule has 0 saturated heterocycles. The fraction of sp³-hybridized carbons (Fsp3) is 0.250. The number of benzene rings is 1. The van der Waals surface area contributed by atoms with Gasteiger partial charge in [0, 0.05) is 19.8 Å². The number of hydrogen-bond acceptors (Lipinski definition) is 4. The molecule has 0 aliphatic rings. The van der Waals surface area contributed by atoms with Crippen LogP contribution >= 0.6 is 0 Å². The minimum absolute atomic E-state index is 0.0399. The molecule has 0 heterocycles. The van der Waals surface area contributed by atoms with Gasteiger partial charge in [-0.2, -0.15) is 8.42 Å². The molecule has 0 bridgehead atoms. The molecule has 6 heteroatoms. The zero-order chi connectivity index (χ0) is 10.9. The van der Waals surface area contributed by atoms with E-state index in [9.17, 15) is 8.42 Å². The normalized spacial score (nSPS) is 11.4. The molecule has 0 unspecified atom stereocenters. The third-order valence-electron chi connectivity index (χ3n) is 1.79. The Labute approximate surface area is 82.9 Å². The fourth-order valence-electron chi connectivity index (χ4n) is 1.02. The molecule has 0 saturated carbocycles. The Bertz CT molecular complexity index is 440.